The van der Waals surface area contributed by atoms with Crippen LogP contribution in [0.5, 0.6) is 5.75 Å². The zero-order valence-electron chi connectivity index (χ0n) is 11.5. The number of rotatable bonds is 4. The lowest BCUT2D eigenvalue weighted by Crippen LogP contribution is -2.27. The van der Waals surface area contributed by atoms with Crippen molar-refractivity contribution >= 4 is 31.9 Å². The van der Waals surface area contributed by atoms with E-state index in [9.17, 15) is 0 Å². The van der Waals surface area contributed by atoms with Gasteiger partial charge in [0.05, 0.1) is 16.2 Å². The smallest absolute Gasteiger partial charge is 0.133 e. The maximum atomic E-state index is 6.27. The van der Waals surface area contributed by atoms with E-state index in [4.69, 9.17) is 9.47 Å². The molecule has 20 heavy (non-hydrogen) atoms. The van der Waals surface area contributed by atoms with Crippen LogP contribution in [0.15, 0.2) is 22.7 Å². The lowest BCUT2D eigenvalue weighted by molar-refractivity contribution is -0.0509. The molecule has 0 aromatic heterocycles. The van der Waals surface area contributed by atoms with Gasteiger partial charge in [0, 0.05) is 5.33 Å². The normalized spacial score (nSPS) is 24.4. The van der Waals surface area contributed by atoms with Crippen molar-refractivity contribution in [2.75, 3.05) is 6.61 Å². The van der Waals surface area contributed by atoms with Crippen molar-refractivity contribution in [3.8, 4) is 5.75 Å². The molecular formula is C16H20Br2O2. The van der Waals surface area contributed by atoms with Gasteiger partial charge in [-0.2, -0.15) is 0 Å². The Hall–Kier alpha value is -0.0600. The van der Waals surface area contributed by atoms with Gasteiger partial charge in [-0.25, -0.2) is 0 Å². The molecule has 3 rings (SSSR count). The largest absolute Gasteiger partial charge is 0.490 e. The third-order valence-electron chi connectivity index (χ3n) is 4.43. The summed E-state index contributed by atoms with van der Waals surface area (Å²) in [5, 5.41) is 0.861. The molecule has 1 spiro atoms. The molecule has 0 bridgehead atoms. The first-order valence-electron chi connectivity index (χ1n) is 7.36. The second kappa shape index (κ2) is 6.37. The van der Waals surface area contributed by atoms with Gasteiger partial charge in [-0.1, -0.05) is 34.8 Å². The van der Waals surface area contributed by atoms with Crippen LogP contribution in [0.1, 0.15) is 44.1 Å². The zero-order valence-corrected chi connectivity index (χ0v) is 14.7. The first-order chi connectivity index (χ1) is 9.71. The first-order valence-corrected chi connectivity index (χ1v) is 9.27. The summed E-state index contributed by atoms with van der Waals surface area (Å²) in [6.07, 6.45) is 7.75. The second-order valence-electron chi connectivity index (χ2n) is 5.88. The minimum atomic E-state index is 0.199. The highest BCUT2D eigenvalue weighted by atomic mass is 79.9. The fourth-order valence-corrected chi connectivity index (χ4v) is 4.22. The lowest BCUT2D eigenvalue weighted by atomic mass is 9.98. The fourth-order valence-electron chi connectivity index (χ4n) is 3.33. The van der Waals surface area contributed by atoms with E-state index in [0.29, 0.717) is 6.61 Å². The molecular weight excluding hydrogens is 384 g/mol. The monoisotopic (exact) mass is 402 g/mol. The SMILES string of the molecule is BrCc1ccc(OCC2CCC3(CCCC3)O2)c(Br)c1. The van der Waals surface area contributed by atoms with Gasteiger partial charge in [-0.05, 0) is 59.3 Å². The molecule has 0 N–H and O–H groups in total. The van der Waals surface area contributed by atoms with Crippen LogP contribution in [0, 0.1) is 0 Å². The topological polar surface area (TPSA) is 18.5 Å². The Balaban J connectivity index is 1.55. The number of hydrogen-bond donors (Lipinski definition) is 0. The van der Waals surface area contributed by atoms with E-state index in [1.807, 2.05) is 6.07 Å². The highest BCUT2D eigenvalue weighted by Gasteiger charge is 2.42. The second-order valence-corrected chi connectivity index (χ2v) is 7.29. The van der Waals surface area contributed by atoms with E-state index < -0.39 is 0 Å². The summed E-state index contributed by atoms with van der Waals surface area (Å²) in [5.74, 6) is 0.908. The van der Waals surface area contributed by atoms with Gasteiger partial charge in [-0.15, -0.1) is 0 Å². The lowest BCUT2D eigenvalue weighted by Gasteiger charge is -2.23. The van der Waals surface area contributed by atoms with Crippen LogP contribution in [0.3, 0.4) is 0 Å². The molecule has 1 unspecified atom stereocenters. The number of hydrogen-bond acceptors (Lipinski definition) is 2. The van der Waals surface area contributed by atoms with Crippen LogP contribution in [-0.4, -0.2) is 18.3 Å². The molecule has 0 amide bonds. The molecule has 1 aromatic rings. The van der Waals surface area contributed by atoms with Crippen LogP contribution >= 0.6 is 31.9 Å². The number of benzene rings is 1. The van der Waals surface area contributed by atoms with E-state index >= 15 is 0 Å². The molecule has 2 fully saturated rings. The molecule has 110 valence electrons. The van der Waals surface area contributed by atoms with Crippen molar-refractivity contribution in [2.45, 2.75) is 55.6 Å². The van der Waals surface area contributed by atoms with E-state index in [2.05, 4.69) is 44.0 Å². The molecule has 1 aliphatic carbocycles. The predicted molar refractivity (Wildman–Crippen MR) is 87.6 cm³/mol. The Morgan fingerprint density at radius 2 is 2.05 bits per heavy atom. The summed E-state index contributed by atoms with van der Waals surface area (Å²) in [6, 6.07) is 6.21. The standard InChI is InChI=1S/C16H20Br2O2/c17-10-12-3-4-15(14(18)9-12)19-11-13-5-8-16(20-13)6-1-2-7-16/h3-4,9,13H,1-2,5-8,10-11H2. The average molecular weight is 404 g/mol. The Morgan fingerprint density at radius 3 is 2.75 bits per heavy atom. The fraction of sp³-hybridized carbons (Fsp3) is 0.625. The van der Waals surface area contributed by atoms with E-state index in [-0.39, 0.29) is 11.7 Å². The Labute approximate surface area is 137 Å². The third-order valence-corrected chi connectivity index (χ3v) is 5.70. The number of ether oxygens (including phenoxy) is 2. The average Bonchev–Trinajstić information content (AvgIpc) is 3.08. The molecule has 2 nitrogen and oxygen atoms in total. The molecule has 0 radical (unpaired) electrons. The van der Waals surface area contributed by atoms with Crippen molar-refractivity contribution < 1.29 is 9.47 Å². The van der Waals surface area contributed by atoms with Crippen molar-refractivity contribution in [3.63, 3.8) is 0 Å². The van der Waals surface area contributed by atoms with Crippen LogP contribution in [0.2, 0.25) is 0 Å². The molecule has 4 heteroatoms. The summed E-state index contributed by atoms with van der Waals surface area (Å²) < 4.78 is 13.2. The number of halogens is 2. The van der Waals surface area contributed by atoms with E-state index in [1.165, 1.54) is 37.7 Å². The minimum absolute atomic E-state index is 0.199. The van der Waals surface area contributed by atoms with Crippen LogP contribution in [-0.2, 0) is 10.1 Å². The predicted octanol–water partition coefficient (Wildman–Crippen LogP) is 5.21. The van der Waals surface area contributed by atoms with E-state index in [0.717, 1.165) is 22.0 Å². The molecule has 1 heterocycles. The molecule has 1 saturated carbocycles. The van der Waals surface area contributed by atoms with Gasteiger partial charge in [0.25, 0.3) is 0 Å². The molecule has 1 aliphatic heterocycles. The summed E-state index contributed by atoms with van der Waals surface area (Å²) in [4.78, 5) is 0. The highest BCUT2D eigenvalue weighted by molar-refractivity contribution is 9.10. The van der Waals surface area contributed by atoms with Crippen molar-refractivity contribution in [2.24, 2.45) is 0 Å². The molecule has 2 aliphatic rings. The Kier molecular flexibility index (Phi) is 4.73. The summed E-state index contributed by atoms with van der Waals surface area (Å²) in [7, 11) is 0. The van der Waals surface area contributed by atoms with Crippen molar-refractivity contribution in [1.82, 2.24) is 0 Å². The maximum Gasteiger partial charge on any atom is 0.133 e. The molecule has 1 aromatic carbocycles. The van der Waals surface area contributed by atoms with Gasteiger partial charge < -0.3 is 9.47 Å². The van der Waals surface area contributed by atoms with Gasteiger partial charge >= 0.3 is 0 Å². The molecule has 1 atom stereocenters. The van der Waals surface area contributed by atoms with Crippen LogP contribution in [0.25, 0.3) is 0 Å². The van der Waals surface area contributed by atoms with Crippen LogP contribution in [0.4, 0.5) is 0 Å². The minimum Gasteiger partial charge on any atom is -0.490 e. The number of alkyl halides is 1. The van der Waals surface area contributed by atoms with Gasteiger partial charge in [0.1, 0.15) is 12.4 Å². The van der Waals surface area contributed by atoms with Crippen molar-refractivity contribution in [1.29, 1.82) is 0 Å². The Bertz CT molecular complexity index is 470. The summed E-state index contributed by atoms with van der Waals surface area (Å²) in [5.41, 5.74) is 1.44. The van der Waals surface area contributed by atoms with E-state index in [1.54, 1.807) is 0 Å². The first kappa shape index (κ1) is 14.9. The third kappa shape index (κ3) is 3.23. The summed E-state index contributed by atoms with van der Waals surface area (Å²) >= 11 is 7.03. The summed E-state index contributed by atoms with van der Waals surface area (Å²) in [6.45, 7) is 0.661. The molecule has 1 saturated heterocycles. The zero-order chi connectivity index (χ0) is 14.0. The maximum absolute atomic E-state index is 6.27. The Morgan fingerprint density at radius 1 is 1.25 bits per heavy atom. The van der Waals surface area contributed by atoms with Crippen molar-refractivity contribution in [3.05, 3.63) is 28.2 Å². The highest BCUT2D eigenvalue weighted by Crippen LogP contribution is 2.43. The van der Waals surface area contributed by atoms with Gasteiger partial charge in [0.15, 0.2) is 0 Å². The van der Waals surface area contributed by atoms with Gasteiger partial charge in [-0.3, -0.25) is 0 Å². The van der Waals surface area contributed by atoms with Gasteiger partial charge in [0.2, 0.25) is 0 Å². The quantitative estimate of drug-likeness (QED) is 0.642. The van der Waals surface area contributed by atoms with Crippen LogP contribution < -0.4 is 4.74 Å².